The molecule has 5 heteroatoms. The van der Waals surface area contributed by atoms with Crippen molar-refractivity contribution in [3.05, 3.63) is 59.7 Å². The van der Waals surface area contributed by atoms with Gasteiger partial charge in [0.25, 0.3) is 0 Å². The second-order valence-corrected chi connectivity index (χ2v) is 7.87. The van der Waals surface area contributed by atoms with Crippen LogP contribution in [-0.2, 0) is 6.42 Å². The maximum absolute atomic E-state index is 5.46. The molecule has 0 aliphatic carbocycles. The predicted molar refractivity (Wildman–Crippen MR) is 114 cm³/mol. The van der Waals surface area contributed by atoms with Crippen LogP contribution in [-0.4, -0.2) is 36.8 Å². The van der Waals surface area contributed by atoms with E-state index in [1.807, 2.05) is 30.3 Å². The molecule has 0 amide bonds. The number of methoxy groups -OCH3 is 1. The highest BCUT2D eigenvalue weighted by Crippen LogP contribution is 2.39. The van der Waals surface area contributed by atoms with Gasteiger partial charge in [-0.05, 0) is 79.3 Å². The van der Waals surface area contributed by atoms with Crippen molar-refractivity contribution in [2.24, 2.45) is 5.92 Å². The lowest BCUT2D eigenvalue weighted by molar-refractivity contribution is 0.104. The summed E-state index contributed by atoms with van der Waals surface area (Å²) in [6, 6.07) is 17.2. The molecule has 0 bridgehead atoms. The molecule has 4 rings (SSSR count). The van der Waals surface area contributed by atoms with Gasteiger partial charge in [-0.2, -0.15) is 0 Å². The number of hydrogen-bond acceptors (Lipinski definition) is 3. The van der Waals surface area contributed by atoms with Gasteiger partial charge < -0.3 is 15.4 Å². The van der Waals surface area contributed by atoms with Crippen molar-refractivity contribution in [3.63, 3.8) is 0 Å². The van der Waals surface area contributed by atoms with Crippen LogP contribution in [0, 0.1) is 5.92 Å². The van der Waals surface area contributed by atoms with E-state index in [1.165, 1.54) is 30.5 Å². The maximum atomic E-state index is 5.46. The number of benzene rings is 2. The molecule has 2 aromatic rings. The zero-order valence-electron chi connectivity index (χ0n) is 15.8. The van der Waals surface area contributed by atoms with Gasteiger partial charge in [-0.15, -0.1) is 0 Å². The molecule has 2 aromatic carbocycles. The van der Waals surface area contributed by atoms with Crippen LogP contribution in [0.15, 0.2) is 48.5 Å². The van der Waals surface area contributed by atoms with Crippen LogP contribution in [0.5, 0.6) is 5.75 Å². The summed E-state index contributed by atoms with van der Waals surface area (Å²) in [6.45, 7) is 3.24. The van der Waals surface area contributed by atoms with Crippen molar-refractivity contribution in [2.45, 2.75) is 25.3 Å². The number of ether oxygens (including phenoxy) is 1. The lowest BCUT2D eigenvalue weighted by Crippen LogP contribution is -2.44. The van der Waals surface area contributed by atoms with Gasteiger partial charge in [-0.1, -0.05) is 24.3 Å². The fourth-order valence-corrected chi connectivity index (χ4v) is 4.51. The molecule has 27 heavy (non-hydrogen) atoms. The Morgan fingerprint density at radius 3 is 2.85 bits per heavy atom. The van der Waals surface area contributed by atoms with Gasteiger partial charge in [0.1, 0.15) is 5.75 Å². The predicted octanol–water partition coefficient (Wildman–Crippen LogP) is 3.99. The first-order chi connectivity index (χ1) is 13.2. The molecular formula is C22H27N3OS. The van der Waals surface area contributed by atoms with E-state index in [0.717, 1.165) is 30.9 Å². The Hall–Kier alpha value is -2.11. The van der Waals surface area contributed by atoms with Crippen molar-refractivity contribution in [1.29, 1.82) is 0 Å². The minimum Gasteiger partial charge on any atom is -0.497 e. The number of rotatable bonds is 4. The molecule has 2 heterocycles. The van der Waals surface area contributed by atoms with Gasteiger partial charge in [0, 0.05) is 24.8 Å². The minimum absolute atomic E-state index is 0.524. The second-order valence-electron chi connectivity index (χ2n) is 7.46. The van der Waals surface area contributed by atoms with Crippen LogP contribution in [0.2, 0.25) is 0 Å². The number of nitrogens with zero attached hydrogens (tertiary/aromatic N) is 1. The van der Waals surface area contributed by atoms with Crippen LogP contribution >= 0.6 is 12.2 Å². The fraction of sp³-hybridized carbons (Fsp3) is 0.409. The third-order valence-electron chi connectivity index (χ3n) is 5.78. The third kappa shape index (κ3) is 4.25. The Bertz CT molecular complexity index is 795. The minimum atomic E-state index is 0.524. The molecule has 0 spiro atoms. The number of piperidine rings is 1. The molecule has 4 nitrogen and oxygen atoms in total. The van der Waals surface area contributed by atoms with Crippen LogP contribution in [0.3, 0.4) is 0 Å². The molecule has 2 aliphatic rings. The smallest absolute Gasteiger partial charge is 0.170 e. The molecule has 2 N–H and O–H groups in total. The molecule has 1 fully saturated rings. The molecule has 0 radical (unpaired) electrons. The van der Waals surface area contributed by atoms with Crippen molar-refractivity contribution in [2.75, 3.05) is 32.1 Å². The number of nitrogens with one attached hydrogen (secondary N) is 2. The standard InChI is InChI=1S/C22H27N3OS/c1-26-19-7-8-20-17(14-19)10-12-25-11-9-16(13-21(20)25)15-23-22(27)24-18-5-3-2-4-6-18/h2-8,14,16,21H,9-13,15H2,1H3,(H2,23,24,27). The molecule has 2 aliphatic heterocycles. The molecule has 142 valence electrons. The number of anilines is 1. The molecule has 1 saturated heterocycles. The van der Waals surface area contributed by atoms with E-state index >= 15 is 0 Å². The molecular weight excluding hydrogens is 354 g/mol. The monoisotopic (exact) mass is 381 g/mol. The van der Waals surface area contributed by atoms with Crippen molar-refractivity contribution in [1.82, 2.24) is 10.2 Å². The third-order valence-corrected chi connectivity index (χ3v) is 6.03. The first-order valence-electron chi connectivity index (χ1n) is 9.73. The fourth-order valence-electron chi connectivity index (χ4n) is 4.31. The number of thiocarbonyl (C=S) groups is 1. The van der Waals surface area contributed by atoms with E-state index < -0.39 is 0 Å². The lowest BCUT2D eigenvalue weighted by Gasteiger charge is -2.43. The molecule has 2 unspecified atom stereocenters. The summed E-state index contributed by atoms with van der Waals surface area (Å²) in [5.41, 5.74) is 3.96. The quantitative estimate of drug-likeness (QED) is 0.783. The first-order valence-corrected chi connectivity index (χ1v) is 10.1. The van der Waals surface area contributed by atoms with E-state index in [9.17, 15) is 0 Å². The van der Waals surface area contributed by atoms with E-state index in [0.29, 0.717) is 17.1 Å². The van der Waals surface area contributed by atoms with Crippen LogP contribution in [0.4, 0.5) is 5.69 Å². The number of hydrogen-bond donors (Lipinski definition) is 2. The number of fused-ring (bicyclic) bond motifs is 3. The summed E-state index contributed by atoms with van der Waals surface area (Å²) in [6.07, 6.45) is 3.53. The summed E-state index contributed by atoms with van der Waals surface area (Å²) in [7, 11) is 1.74. The normalized spacial score (nSPS) is 21.7. The van der Waals surface area contributed by atoms with Crippen LogP contribution < -0.4 is 15.4 Å². The highest BCUT2D eigenvalue weighted by atomic mass is 32.1. The van der Waals surface area contributed by atoms with E-state index in [2.05, 4.69) is 33.7 Å². The van der Waals surface area contributed by atoms with E-state index in [-0.39, 0.29) is 0 Å². The molecule has 2 atom stereocenters. The van der Waals surface area contributed by atoms with Crippen LogP contribution in [0.1, 0.15) is 30.0 Å². The van der Waals surface area contributed by atoms with E-state index in [4.69, 9.17) is 17.0 Å². The van der Waals surface area contributed by atoms with Crippen LogP contribution in [0.25, 0.3) is 0 Å². The maximum Gasteiger partial charge on any atom is 0.170 e. The zero-order valence-corrected chi connectivity index (χ0v) is 16.6. The van der Waals surface area contributed by atoms with Gasteiger partial charge in [-0.25, -0.2) is 0 Å². The average Bonchev–Trinajstić information content (AvgIpc) is 2.72. The topological polar surface area (TPSA) is 36.5 Å². The highest BCUT2D eigenvalue weighted by Gasteiger charge is 2.33. The highest BCUT2D eigenvalue weighted by molar-refractivity contribution is 7.80. The Morgan fingerprint density at radius 1 is 1.19 bits per heavy atom. The summed E-state index contributed by atoms with van der Waals surface area (Å²) in [5, 5.41) is 7.39. The van der Waals surface area contributed by atoms with Gasteiger partial charge in [0.2, 0.25) is 0 Å². The average molecular weight is 382 g/mol. The Kier molecular flexibility index (Phi) is 5.60. The Morgan fingerprint density at radius 2 is 2.04 bits per heavy atom. The summed E-state index contributed by atoms with van der Waals surface area (Å²) < 4.78 is 5.41. The van der Waals surface area contributed by atoms with Gasteiger partial charge in [-0.3, -0.25) is 4.90 Å². The SMILES string of the molecule is COc1ccc2c(c1)CCN1CCC(CNC(=S)Nc3ccccc3)CC21. The largest absolute Gasteiger partial charge is 0.497 e. The van der Waals surface area contributed by atoms with Gasteiger partial charge in [0.05, 0.1) is 7.11 Å². The van der Waals surface area contributed by atoms with Gasteiger partial charge in [0.15, 0.2) is 5.11 Å². The van der Waals surface area contributed by atoms with Crippen molar-refractivity contribution < 1.29 is 4.74 Å². The van der Waals surface area contributed by atoms with Crippen molar-refractivity contribution >= 4 is 23.0 Å². The molecule has 0 saturated carbocycles. The number of para-hydroxylation sites is 1. The van der Waals surface area contributed by atoms with Gasteiger partial charge >= 0.3 is 0 Å². The summed E-state index contributed by atoms with van der Waals surface area (Å²) in [4.78, 5) is 2.64. The summed E-state index contributed by atoms with van der Waals surface area (Å²) >= 11 is 5.46. The Balaban J connectivity index is 1.35. The lowest BCUT2D eigenvalue weighted by atomic mass is 9.82. The first kappa shape index (κ1) is 18.3. The second kappa shape index (κ2) is 8.28. The summed E-state index contributed by atoms with van der Waals surface area (Å²) in [5.74, 6) is 1.60. The zero-order chi connectivity index (χ0) is 18.6. The Labute approximate surface area is 166 Å². The van der Waals surface area contributed by atoms with E-state index in [1.54, 1.807) is 7.11 Å². The van der Waals surface area contributed by atoms with Crippen molar-refractivity contribution in [3.8, 4) is 5.75 Å². The molecule has 0 aromatic heterocycles.